The number of carbonyl (C=O) groups excluding carboxylic acids is 1. The van der Waals surface area contributed by atoms with Crippen LogP contribution < -0.4 is 14.2 Å². The normalized spacial score (nSPS) is 13.0. The van der Waals surface area contributed by atoms with E-state index in [1.54, 1.807) is 43.3 Å². The zero-order valence-corrected chi connectivity index (χ0v) is 14.9. The summed E-state index contributed by atoms with van der Waals surface area (Å²) in [7, 11) is 0. The topological polar surface area (TPSA) is 77.8 Å². The number of esters is 1. The van der Waals surface area contributed by atoms with Crippen LogP contribution in [0.15, 0.2) is 40.9 Å². The minimum atomic E-state index is -0.777. The van der Waals surface area contributed by atoms with Gasteiger partial charge in [-0.2, -0.15) is 5.26 Å². The zero-order valence-electron chi connectivity index (χ0n) is 13.3. The number of hydrogen-bond acceptors (Lipinski definition) is 6. The fourth-order valence-electron chi connectivity index (χ4n) is 2.20. The summed E-state index contributed by atoms with van der Waals surface area (Å²) in [6, 6.07) is 12.1. The molecule has 7 heteroatoms. The van der Waals surface area contributed by atoms with Gasteiger partial charge in [0.05, 0.1) is 11.6 Å². The summed E-state index contributed by atoms with van der Waals surface area (Å²) in [5.74, 6) is 1.28. The van der Waals surface area contributed by atoms with Gasteiger partial charge < -0.3 is 18.9 Å². The van der Waals surface area contributed by atoms with Gasteiger partial charge in [0.1, 0.15) is 12.4 Å². The fraction of sp³-hybridized carbons (Fsp3) is 0.222. The first-order chi connectivity index (χ1) is 12.1. The van der Waals surface area contributed by atoms with Crippen molar-refractivity contribution >= 4 is 21.9 Å². The van der Waals surface area contributed by atoms with Crippen LogP contribution in [0, 0.1) is 11.3 Å². The maximum Gasteiger partial charge on any atom is 0.347 e. The van der Waals surface area contributed by atoms with Crippen molar-refractivity contribution in [2.24, 2.45) is 0 Å². The van der Waals surface area contributed by atoms with E-state index < -0.39 is 12.1 Å². The van der Waals surface area contributed by atoms with E-state index in [2.05, 4.69) is 15.9 Å². The molecule has 0 amide bonds. The number of halogens is 1. The Morgan fingerprint density at radius 1 is 1.28 bits per heavy atom. The number of carbonyl (C=O) groups is 1. The molecule has 1 atom stereocenters. The maximum absolute atomic E-state index is 12.1. The van der Waals surface area contributed by atoms with Gasteiger partial charge in [0.25, 0.3) is 0 Å². The van der Waals surface area contributed by atoms with Crippen LogP contribution in [-0.4, -0.2) is 18.9 Å². The van der Waals surface area contributed by atoms with E-state index in [9.17, 15) is 4.79 Å². The predicted molar refractivity (Wildman–Crippen MR) is 91.3 cm³/mol. The highest BCUT2D eigenvalue weighted by atomic mass is 79.9. The van der Waals surface area contributed by atoms with Gasteiger partial charge >= 0.3 is 5.97 Å². The molecule has 0 spiro atoms. The van der Waals surface area contributed by atoms with Crippen LogP contribution in [0.2, 0.25) is 0 Å². The monoisotopic (exact) mass is 403 g/mol. The molecular weight excluding hydrogens is 390 g/mol. The third kappa shape index (κ3) is 4.03. The Labute approximate surface area is 153 Å². The van der Waals surface area contributed by atoms with Crippen LogP contribution in [0.4, 0.5) is 0 Å². The minimum Gasteiger partial charge on any atom is -0.479 e. The summed E-state index contributed by atoms with van der Waals surface area (Å²) in [4.78, 5) is 12.1. The van der Waals surface area contributed by atoms with Crippen molar-refractivity contribution in [3.8, 4) is 23.3 Å². The van der Waals surface area contributed by atoms with Gasteiger partial charge in [-0.1, -0.05) is 15.9 Å². The molecule has 0 saturated heterocycles. The first kappa shape index (κ1) is 17.1. The van der Waals surface area contributed by atoms with Crippen molar-refractivity contribution in [3.63, 3.8) is 0 Å². The molecule has 0 fully saturated rings. The molecule has 1 heterocycles. The SMILES string of the molecule is C[C@H](Oc1ccc(C#N)cc1)C(=O)OCc1cc2c(cc1Br)OCO2. The molecule has 0 bridgehead atoms. The van der Waals surface area contributed by atoms with Gasteiger partial charge in [0, 0.05) is 10.0 Å². The van der Waals surface area contributed by atoms with E-state index in [-0.39, 0.29) is 13.4 Å². The quantitative estimate of drug-likeness (QED) is 0.710. The predicted octanol–water partition coefficient (Wildman–Crippen LogP) is 3.56. The van der Waals surface area contributed by atoms with Gasteiger partial charge in [0.2, 0.25) is 6.79 Å². The van der Waals surface area contributed by atoms with E-state index >= 15 is 0 Å². The number of nitrogens with zero attached hydrogens (tertiary/aromatic N) is 1. The van der Waals surface area contributed by atoms with E-state index in [0.29, 0.717) is 22.8 Å². The lowest BCUT2D eigenvalue weighted by atomic mass is 10.2. The highest BCUT2D eigenvalue weighted by Gasteiger charge is 2.20. The summed E-state index contributed by atoms with van der Waals surface area (Å²) in [5, 5.41) is 8.77. The molecule has 1 aliphatic heterocycles. The smallest absolute Gasteiger partial charge is 0.347 e. The molecular formula is C18H14BrNO5. The van der Waals surface area contributed by atoms with Crippen LogP contribution >= 0.6 is 15.9 Å². The second-order valence-electron chi connectivity index (χ2n) is 5.30. The molecule has 0 N–H and O–H groups in total. The summed E-state index contributed by atoms with van der Waals surface area (Å²) in [5.41, 5.74) is 1.29. The minimum absolute atomic E-state index is 0.0805. The molecule has 2 aromatic rings. The van der Waals surface area contributed by atoms with E-state index in [4.69, 9.17) is 24.2 Å². The van der Waals surface area contributed by atoms with Crippen LogP contribution in [0.1, 0.15) is 18.1 Å². The Morgan fingerprint density at radius 2 is 1.96 bits per heavy atom. The van der Waals surface area contributed by atoms with Crippen LogP contribution in [-0.2, 0) is 16.1 Å². The summed E-state index contributed by atoms with van der Waals surface area (Å²) in [6.07, 6.45) is -0.777. The van der Waals surface area contributed by atoms with Gasteiger partial charge in [-0.3, -0.25) is 0 Å². The average molecular weight is 404 g/mol. The second kappa shape index (κ2) is 7.45. The molecule has 0 aromatic heterocycles. The molecule has 25 heavy (non-hydrogen) atoms. The Hall–Kier alpha value is -2.72. The Morgan fingerprint density at radius 3 is 2.64 bits per heavy atom. The van der Waals surface area contributed by atoms with Crippen molar-refractivity contribution in [1.29, 1.82) is 5.26 Å². The van der Waals surface area contributed by atoms with Gasteiger partial charge in [-0.15, -0.1) is 0 Å². The lowest BCUT2D eigenvalue weighted by Gasteiger charge is -2.14. The molecule has 0 radical (unpaired) electrons. The van der Waals surface area contributed by atoms with Crippen LogP contribution in [0.3, 0.4) is 0 Å². The Balaban J connectivity index is 1.57. The summed E-state index contributed by atoms with van der Waals surface area (Å²) in [6.45, 7) is 1.87. The molecule has 128 valence electrons. The second-order valence-corrected chi connectivity index (χ2v) is 6.16. The van der Waals surface area contributed by atoms with E-state index in [1.807, 2.05) is 6.07 Å². The van der Waals surface area contributed by atoms with E-state index in [1.165, 1.54) is 0 Å². The fourth-order valence-corrected chi connectivity index (χ4v) is 2.63. The molecule has 2 aromatic carbocycles. The van der Waals surface area contributed by atoms with Gasteiger partial charge in [-0.05, 0) is 43.3 Å². The number of nitriles is 1. The highest BCUT2D eigenvalue weighted by molar-refractivity contribution is 9.10. The van der Waals surface area contributed by atoms with Crippen molar-refractivity contribution < 1.29 is 23.7 Å². The molecule has 3 rings (SSSR count). The number of ether oxygens (including phenoxy) is 4. The molecule has 0 unspecified atom stereocenters. The molecule has 1 aliphatic rings. The third-order valence-electron chi connectivity index (χ3n) is 3.54. The summed E-state index contributed by atoms with van der Waals surface area (Å²) >= 11 is 3.42. The number of fused-ring (bicyclic) bond motifs is 1. The third-order valence-corrected chi connectivity index (χ3v) is 4.28. The molecule has 0 aliphatic carbocycles. The van der Waals surface area contributed by atoms with Crippen molar-refractivity contribution in [2.45, 2.75) is 19.6 Å². The maximum atomic E-state index is 12.1. The summed E-state index contributed by atoms with van der Waals surface area (Å²) < 4.78 is 22.2. The highest BCUT2D eigenvalue weighted by Crippen LogP contribution is 2.37. The largest absolute Gasteiger partial charge is 0.479 e. The number of hydrogen-bond donors (Lipinski definition) is 0. The number of rotatable bonds is 5. The molecule has 6 nitrogen and oxygen atoms in total. The van der Waals surface area contributed by atoms with Crippen LogP contribution in [0.25, 0.3) is 0 Å². The first-order valence-corrected chi connectivity index (χ1v) is 8.27. The van der Waals surface area contributed by atoms with Crippen molar-refractivity contribution in [1.82, 2.24) is 0 Å². The standard InChI is InChI=1S/C18H14BrNO5/c1-11(25-14-4-2-12(8-20)3-5-14)18(21)22-9-13-6-16-17(7-15(13)19)24-10-23-16/h2-7,11H,9-10H2,1H3/t11-/m0/s1. The van der Waals surface area contributed by atoms with Gasteiger partial charge in [-0.25, -0.2) is 4.79 Å². The molecule has 0 saturated carbocycles. The van der Waals surface area contributed by atoms with Crippen molar-refractivity contribution in [3.05, 3.63) is 52.0 Å². The van der Waals surface area contributed by atoms with Gasteiger partial charge in [0.15, 0.2) is 17.6 Å². The zero-order chi connectivity index (χ0) is 17.8. The Bertz CT molecular complexity index is 829. The first-order valence-electron chi connectivity index (χ1n) is 7.48. The lowest BCUT2D eigenvalue weighted by Crippen LogP contribution is -2.26. The van der Waals surface area contributed by atoms with Crippen LogP contribution in [0.5, 0.6) is 17.2 Å². The van der Waals surface area contributed by atoms with Crippen molar-refractivity contribution in [2.75, 3.05) is 6.79 Å². The number of benzene rings is 2. The average Bonchev–Trinajstić information content (AvgIpc) is 3.07. The van der Waals surface area contributed by atoms with E-state index in [0.717, 1.165) is 10.0 Å². The Kier molecular flexibility index (Phi) is 5.10. The lowest BCUT2D eigenvalue weighted by molar-refractivity contribution is -0.152.